The lowest BCUT2D eigenvalue weighted by Gasteiger charge is -2.05. The Labute approximate surface area is 137 Å². The van der Waals surface area contributed by atoms with Crippen LogP contribution in [-0.4, -0.2) is 19.9 Å². The molecule has 1 aromatic carbocycles. The van der Waals surface area contributed by atoms with E-state index >= 15 is 0 Å². The molecule has 0 saturated carbocycles. The van der Waals surface area contributed by atoms with Gasteiger partial charge in [0.2, 0.25) is 5.82 Å². The minimum atomic E-state index is 0.555. The van der Waals surface area contributed by atoms with E-state index in [0.29, 0.717) is 11.7 Å². The van der Waals surface area contributed by atoms with Gasteiger partial charge in [0, 0.05) is 23.9 Å². The van der Waals surface area contributed by atoms with Crippen molar-refractivity contribution in [2.24, 2.45) is 0 Å². The summed E-state index contributed by atoms with van der Waals surface area (Å²) in [5, 5.41) is 10.4. The van der Waals surface area contributed by atoms with Crippen molar-refractivity contribution in [3.05, 3.63) is 54.0 Å². The van der Waals surface area contributed by atoms with Crippen LogP contribution in [0.4, 0.5) is 0 Å². The van der Waals surface area contributed by atoms with E-state index in [0.717, 1.165) is 28.2 Å². The number of aromatic nitrogens is 4. The van der Waals surface area contributed by atoms with Gasteiger partial charge in [-0.3, -0.25) is 4.68 Å². The number of aryl methyl sites for hydroxylation is 1. The summed E-state index contributed by atoms with van der Waals surface area (Å²) in [5.74, 6) is 1.15. The molecule has 23 heavy (non-hydrogen) atoms. The number of benzene rings is 1. The van der Waals surface area contributed by atoms with E-state index in [9.17, 15) is 0 Å². The van der Waals surface area contributed by atoms with Crippen molar-refractivity contribution >= 4 is 11.3 Å². The maximum Gasteiger partial charge on any atom is 0.268 e. The highest BCUT2D eigenvalue weighted by atomic mass is 32.1. The Bertz CT molecular complexity index is 924. The van der Waals surface area contributed by atoms with Gasteiger partial charge in [-0.25, -0.2) is 0 Å². The second-order valence-corrected chi connectivity index (χ2v) is 5.96. The van der Waals surface area contributed by atoms with E-state index in [1.165, 1.54) is 0 Å². The van der Waals surface area contributed by atoms with Crippen LogP contribution in [0.2, 0.25) is 0 Å². The van der Waals surface area contributed by atoms with Crippen LogP contribution in [0.5, 0.6) is 0 Å². The number of hydrogen-bond acceptors (Lipinski definition) is 5. The first-order chi connectivity index (χ1) is 11.3. The Morgan fingerprint density at radius 2 is 2.04 bits per heavy atom. The summed E-state index contributed by atoms with van der Waals surface area (Å²) in [6, 6.07) is 14.1. The van der Waals surface area contributed by atoms with Crippen LogP contribution in [0.1, 0.15) is 6.92 Å². The minimum absolute atomic E-state index is 0.555. The molecule has 114 valence electrons. The zero-order chi connectivity index (χ0) is 15.6. The van der Waals surface area contributed by atoms with Crippen LogP contribution in [-0.2, 0) is 6.54 Å². The predicted octanol–water partition coefficient (Wildman–Crippen LogP) is 4.35. The normalized spacial score (nSPS) is 11.0. The highest BCUT2D eigenvalue weighted by Crippen LogP contribution is 2.28. The molecule has 3 heterocycles. The molecule has 0 fully saturated rings. The summed E-state index contributed by atoms with van der Waals surface area (Å²) in [4.78, 5) is 5.47. The Morgan fingerprint density at radius 1 is 1.13 bits per heavy atom. The van der Waals surface area contributed by atoms with E-state index in [2.05, 4.69) is 34.3 Å². The fourth-order valence-electron chi connectivity index (χ4n) is 2.49. The van der Waals surface area contributed by atoms with Gasteiger partial charge in [-0.05, 0) is 30.5 Å². The van der Waals surface area contributed by atoms with Crippen LogP contribution in [0.3, 0.4) is 0 Å². The molecule has 3 aromatic heterocycles. The Morgan fingerprint density at radius 3 is 2.87 bits per heavy atom. The molecule has 0 bridgehead atoms. The van der Waals surface area contributed by atoms with Crippen LogP contribution in [0, 0.1) is 0 Å². The summed E-state index contributed by atoms with van der Waals surface area (Å²) < 4.78 is 7.34. The monoisotopic (exact) mass is 322 g/mol. The van der Waals surface area contributed by atoms with Gasteiger partial charge in [0.15, 0.2) is 0 Å². The van der Waals surface area contributed by atoms with Crippen molar-refractivity contribution in [1.29, 1.82) is 0 Å². The van der Waals surface area contributed by atoms with Crippen LogP contribution in [0.15, 0.2) is 58.6 Å². The Kier molecular flexibility index (Phi) is 3.51. The maximum atomic E-state index is 5.37. The van der Waals surface area contributed by atoms with Gasteiger partial charge in [-0.1, -0.05) is 29.4 Å². The van der Waals surface area contributed by atoms with Crippen molar-refractivity contribution in [3.63, 3.8) is 0 Å². The zero-order valence-electron chi connectivity index (χ0n) is 12.5. The summed E-state index contributed by atoms with van der Waals surface area (Å²) in [7, 11) is 0. The summed E-state index contributed by atoms with van der Waals surface area (Å²) in [6.45, 7) is 2.91. The second kappa shape index (κ2) is 5.81. The highest BCUT2D eigenvalue weighted by molar-refractivity contribution is 7.13. The molecule has 4 aromatic rings. The first-order valence-corrected chi connectivity index (χ1v) is 8.23. The molecule has 0 aliphatic rings. The molecule has 0 N–H and O–H groups in total. The average molecular weight is 322 g/mol. The quantitative estimate of drug-likeness (QED) is 0.560. The van der Waals surface area contributed by atoms with E-state index < -0.39 is 0 Å². The first kappa shape index (κ1) is 13.9. The molecule has 0 aliphatic carbocycles. The van der Waals surface area contributed by atoms with E-state index in [4.69, 9.17) is 4.52 Å². The summed E-state index contributed by atoms with van der Waals surface area (Å²) in [6.07, 6.45) is 1.81. The van der Waals surface area contributed by atoms with Gasteiger partial charge in [0.05, 0.1) is 10.6 Å². The highest BCUT2D eigenvalue weighted by Gasteiger charge is 2.12. The van der Waals surface area contributed by atoms with Crippen LogP contribution in [0.25, 0.3) is 33.4 Å². The fraction of sp³-hybridized carbons (Fsp3) is 0.118. The molecule has 6 heteroatoms. The largest absolute Gasteiger partial charge is 0.333 e. The van der Waals surface area contributed by atoms with Crippen molar-refractivity contribution in [3.8, 4) is 33.4 Å². The summed E-state index contributed by atoms with van der Waals surface area (Å²) in [5.41, 5.74) is 3.10. The van der Waals surface area contributed by atoms with E-state index in [-0.39, 0.29) is 0 Å². The van der Waals surface area contributed by atoms with E-state index in [1.54, 1.807) is 11.3 Å². The van der Waals surface area contributed by atoms with Gasteiger partial charge < -0.3 is 4.52 Å². The molecular formula is C17H14N4OS. The van der Waals surface area contributed by atoms with Crippen LogP contribution >= 0.6 is 11.3 Å². The van der Waals surface area contributed by atoms with Gasteiger partial charge >= 0.3 is 0 Å². The molecule has 0 radical (unpaired) electrons. The van der Waals surface area contributed by atoms with Gasteiger partial charge in [0.1, 0.15) is 0 Å². The third kappa shape index (κ3) is 2.57. The fourth-order valence-corrected chi connectivity index (χ4v) is 3.13. The predicted molar refractivity (Wildman–Crippen MR) is 89.9 cm³/mol. The van der Waals surface area contributed by atoms with Crippen molar-refractivity contribution in [1.82, 2.24) is 19.9 Å². The van der Waals surface area contributed by atoms with Gasteiger partial charge in [0.25, 0.3) is 5.89 Å². The Hall–Kier alpha value is -2.73. The lowest BCUT2D eigenvalue weighted by molar-refractivity contribution is 0.433. The van der Waals surface area contributed by atoms with Gasteiger partial charge in [-0.2, -0.15) is 10.1 Å². The molecule has 0 unspecified atom stereocenters. The molecule has 0 aliphatic heterocycles. The average Bonchev–Trinajstić information content (AvgIpc) is 3.34. The Balaban J connectivity index is 1.72. The van der Waals surface area contributed by atoms with Crippen LogP contribution < -0.4 is 0 Å². The standard InChI is InChI=1S/C17H14N4OS/c1-2-21-14(8-9-18-21)12-5-3-6-13(11-12)16-19-17(22-20-16)15-7-4-10-23-15/h3-11H,2H2,1H3. The lowest BCUT2D eigenvalue weighted by atomic mass is 10.1. The minimum Gasteiger partial charge on any atom is -0.333 e. The summed E-state index contributed by atoms with van der Waals surface area (Å²) >= 11 is 1.58. The van der Waals surface area contributed by atoms with Crippen molar-refractivity contribution < 1.29 is 4.52 Å². The smallest absolute Gasteiger partial charge is 0.268 e. The molecule has 0 amide bonds. The zero-order valence-corrected chi connectivity index (χ0v) is 13.3. The lowest BCUT2D eigenvalue weighted by Crippen LogP contribution is -1.98. The molecular weight excluding hydrogens is 308 g/mol. The van der Waals surface area contributed by atoms with E-state index in [1.807, 2.05) is 46.6 Å². The number of hydrogen-bond donors (Lipinski definition) is 0. The number of thiophene rings is 1. The maximum absolute atomic E-state index is 5.37. The molecule has 0 atom stereocenters. The van der Waals surface area contributed by atoms with Gasteiger partial charge in [-0.15, -0.1) is 11.3 Å². The van der Waals surface area contributed by atoms with Crippen molar-refractivity contribution in [2.75, 3.05) is 0 Å². The first-order valence-electron chi connectivity index (χ1n) is 7.35. The molecule has 0 spiro atoms. The SMILES string of the molecule is CCn1nccc1-c1cccc(-c2noc(-c3cccs3)n2)c1. The molecule has 0 saturated heterocycles. The number of rotatable bonds is 4. The topological polar surface area (TPSA) is 56.7 Å². The molecule has 5 nitrogen and oxygen atoms in total. The third-order valence-corrected chi connectivity index (χ3v) is 4.45. The second-order valence-electron chi connectivity index (χ2n) is 5.01. The third-order valence-electron chi connectivity index (χ3n) is 3.59. The molecule has 4 rings (SSSR count). The van der Waals surface area contributed by atoms with Crippen molar-refractivity contribution in [2.45, 2.75) is 13.5 Å². The number of nitrogens with zero attached hydrogens (tertiary/aromatic N) is 4.